The molecule has 1 fully saturated rings. The Labute approximate surface area is 172 Å². The van der Waals surface area contributed by atoms with Crippen LogP contribution in [0.3, 0.4) is 0 Å². The van der Waals surface area contributed by atoms with E-state index in [2.05, 4.69) is 21.6 Å². The Kier molecular flexibility index (Phi) is 5.81. The molecule has 4 unspecified atom stereocenters. The second-order valence-corrected chi connectivity index (χ2v) is 7.53. The summed E-state index contributed by atoms with van der Waals surface area (Å²) in [6, 6.07) is 9.89. The van der Waals surface area contributed by atoms with Crippen LogP contribution in [0.25, 0.3) is 5.65 Å². The summed E-state index contributed by atoms with van der Waals surface area (Å²) in [6.45, 7) is 4.23. The number of nitrogen functional groups attached to an aromatic ring is 1. The predicted molar refractivity (Wildman–Crippen MR) is 110 cm³/mol. The third-order valence-electron chi connectivity index (χ3n) is 5.02. The zero-order valence-electron chi connectivity index (χ0n) is 16.0. The van der Waals surface area contributed by atoms with Gasteiger partial charge in [-0.3, -0.25) is 0 Å². The molecule has 29 heavy (non-hydrogen) atoms. The lowest BCUT2D eigenvalue weighted by molar-refractivity contribution is -0.0543. The SMILES string of the molecule is C=CC1C(c2cnc3c(N)nc(SC)nn23)OC(CO)C1OCc1ccccc1. The van der Waals surface area contributed by atoms with E-state index in [4.69, 9.17) is 15.2 Å². The molecule has 152 valence electrons. The number of nitrogens with zero attached hydrogens (tertiary/aromatic N) is 4. The van der Waals surface area contributed by atoms with Crippen molar-refractivity contribution in [2.75, 3.05) is 18.6 Å². The molecular weight excluding hydrogens is 390 g/mol. The molecule has 1 aliphatic rings. The lowest BCUT2D eigenvalue weighted by atomic mass is 9.94. The van der Waals surface area contributed by atoms with Crippen molar-refractivity contribution in [3.63, 3.8) is 0 Å². The molecule has 9 heteroatoms. The summed E-state index contributed by atoms with van der Waals surface area (Å²) in [7, 11) is 0. The third-order valence-corrected chi connectivity index (χ3v) is 5.56. The van der Waals surface area contributed by atoms with Crippen LogP contribution in [-0.4, -0.2) is 49.8 Å². The maximum atomic E-state index is 9.89. The van der Waals surface area contributed by atoms with Crippen molar-refractivity contribution in [1.82, 2.24) is 19.6 Å². The van der Waals surface area contributed by atoms with Crippen LogP contribution < -0.4 is 5.73 Å². The molecule has 0 spiro atoms. The van der Waals surface area contributed by atoms with Crippen molar-refractivity contribution in [2.45, 2.75) is 30.1 Å². The van der Waals surface area contributed by atoms with Gasteiger partial charge in [0.05, 0.1) is 31.2 Å². The number of nitrogens with two attached hydrogens (primary N) is 1. The number of thioether (sulfide) groups is 1. The number of benzene rings is 1. The molecule has 1 aliphatic heterocycles. The van der Waals surface area contributed by atoms with Gasteiger partial charge in [0.15, 0.2) is 11.5 Å². The summed E-state index contributed by atoms with van der Waals surface area (Å²) in [6.07, 6.45) is 4.09. The van der Waals surface area contributed by atoms with E-state index >= 15 is 0 Å². The number of hydrogen-bond acceptors (Lipinski definition) is 8. The van der Waals surface area contributed by atoms with Gasteiger partial charge >= 0.3 is 0 Å². The molecule has 3 aromatic rings. The molecule has 3 N–H and O–H groups in total. The Morgan fingerprint density at radius 1 is 1.38 bits per heavy atom. The van der Waals surface area contributed by atoms with Gasteiger partial charge in [-0.05, 0) is 11.8 Å². The van der Waals surface area contributed by atoms with E-state index < -0.39 is 12.2 Å². The Bertz CT molecular complexity index is 996. The molecule has 0 aliphatic carbocycles. The first-order chi connectivity index (χ1) is 14.2. The molecule has 8 nitrogen and oxygen atoms in total. The number of imidazole rings is 1. The second-order valence-electron chi connectivity index (χ2n) is 6.75. The van der Waals surface area contributed by atoms with Crippen molar-refractivity contribution in [3.8, 4) is 0 Å². The minimum absolute atomic E-state index is 0.162. The third kappa shape index (κ3) is 3.74. The maximum absolute atomic E-state index is 9.89. The van der Waals surface area contributed by atoms with Gasteiger partial charge in [-0.25, -0.2) is 14.5 Å². The number of ether oxygens (including phenoxy) is 2. The second kappa shape index (κ2) is 8.50. The smallest absolute Gasteiger partial charge is 0.209 e. The van der Waals surface area contributed by atoms with E-state index in [9.17, 15) is 5.11 Å². The lowest BCUT2D eigenvalue weighted by Gasteiger charge is -2.21. The normalized spacial score (nSPS) is 24.2. The van der Waals surface area contributed by atoms with Crippen molar-refractivity contribution < 1.29 is 14.6 Å². The van der Waals surface area contributed by atoms with Crippen LogP contribution >= 0.6 is 11.8 Å². The first-order valence-corrected chi connectivity index (χ1v) is 10.5. The highest BCUT2D eigenvalue weighted by Gasteiger charge is 2.45. The van der Waals surface area contributed by atoms with Crippen LogP contribution in [-0.2, 0) is 16.1 Å². The lowest BCUT2D eigenvalue weighted by Crippen LogP contribution is -2.31. The van der Waals surface area contributed by atoms with E-state index in [1.54, 1.807) is 16.8 Å². The molecule has 4 rings (SSSR count). The number of fused-ring (bicyclic) bond motifs is 1. The van der Waals surface area contributed by atoms with Crippen molar-refractivity contribution in [2.24, 2.45) is 5.92 Å². The van der Waals surface area contributed by atoms with Gasteiger partial charge < -0.3 is 20.3 Å². The summed E-state index contributed by atoms with van der Waals surface area (Å²) in [5, 5.41) is 14.9. The van der Waals surface area contributed by atoms with E-state index in [1.807, 2.05) is 36.6 Å². The van der Waals surface area contributed by atoms with Gasteiger partial charge in [0.2, 0.25) is 5.16 Å². The van der Waals surface area contributed by atoms with Crippen LogP contribution in [0.4, 0.5) is 5.82 Å². The standard InChI is InChI=1S/C20H23N5O3S/c1-3-13-16(14-9-22-19-18(21)23-20(29-2)24-25(14)19)28-15(10-26)17(13)27-11-12-7-5-4-6-8-12/h3-9,13,15-17,26H,1,10-11H2,2H3,(H2,21,23,24). The molecule has 0 radical (unpaired) electrons. The molecule has 0 bridgehead atoms. The Balaban J connectivity index is 1.65. The number of anilines is 1. The molecule has 3 heterocycles. The van der Waals surface area contributed by atoms with Gasteiger partial charge in [0.25, 0.3) is 0 Å². The quantitative estimate of drug-likeness (QED) is 0.449. The van der Waals surface area contributed by atoms with E-state index in [0.29, 0.717) is 23.2 Å². The fourth-order valence-electron chi connectivity index (χ4n) is 3.61. The first-order valence-electron chi connectivity index (χ1n) is 9.25. The number of aliphatic hydroxyl groups excluding tert-OH is 1. The molecule has 2 aromatic heterocycles. The van der Waals surface area contributed by atoms with Crippen LogP contribution in [0.2, 0.25) is 0 Å². The van der Waals surface area contributed by atoms with Crippen LogP contribution in [0.1, 0.15) is 17.4 Å². The van der Waals surface area contributed by atoms with E-state index in [1.165, 1.54) is 11.8 Å². The van der Waals surface area contributed by atoms with E-state index in [-0.39, 0.29) is 18.6 Å². The largest absolute Gasteiger partial charge is 0.394 e. The van der Waals surface area contributed by atoms with Gasteiger partial charge in [0.1, 0.15) is 12.2 Å². The minimum Gasteiger partial charge on any atom is -0.394 e. The zero-order chi connectivity index (χ0) is 20.4. The topological polar surface area (TPSA) is 108 Å². The Morgan fingerprint density at radius 2 is 2.17 bits per heavy atom. The van der Waals surface area contributed by atoms with Gasteiger partial charge in [-0.2, -0.15) is 0 Å². The summed E-state index contributed by atoms with van der Waals surface area (Å²) < 4.78 is 14.0. The van der Waals surface area contributed by atoms with Gasteiger partial charge in [0, 0.05) is 5.92 Å². The maximum Gasteiger partial charge on any atom is 0.209 e. The van der Waals surface area contributed by atoms with Crippen molar-refractivity contribution in [3.05, 3.63) is 60.4 Å². The summed E-state index contributed by atoms with van der Waals surface area (Å²) in [5.41, 5.74) is 8.27. The zero-order valence-corrected chi connectivity index (χ0v) is 16.8. The number of aromatic nitrogens is 4. The minimum atomic E-state index is -0.489. The van der Waals surface area contributed by atoms with Gasteiger partial charge in [-0.1, -0.05) is 48.2 Å². The van der Waals surface area contributed by atoms with Crippen LogP contribution in [0.15, 0.2) is 54.3 Å². The number of rotatable bonds is 7. The number of hydrogen-bond donors (Lipinski definition) is 2. The number of aliphatic hydroxyl groups is 1. The van der Waals surface area contributed by atoms with E-state index in [0.717, 1.165) is 11.3 Å². The molecule has 1 saturated heterocycles. The Morgan fingerprint density at radius 3 is 2.86 bits per heavy atom. The molecule has 0 saturated carbocycles. The monoisotopic (exact) mass is 413 g/mol. The van der Waals surface area contributed by atoms with Gasteiger partial charge in [-0.15, -0.1) is 11.7 Å². The first kappa shape index (κ1) is 19.8. The average Bonchev–Trinajstić information content (AvgIpc) is 3.33. The fraction of sp³-hybridized carbons (Fsp3) is 0.350. The Hall–Kier alpha value is -2.46. The molecule has 4 atom stereocenters. The van der Waals surface area contributed by atoms with Crippen molar-refractivity contribution in [1.29, 1.82) is 0 Å². The predicted octanol–water partition coefficient (Wildman–Crippen LogP) is 2.25. The van der Waals surface area contributed by atoms with Crippen LogP contribution in [0.5, 0.6) is 0 Å². The molecule has 1 aromatic carbocycles. The summed E-state index contributed by atoms with van der Waals surface area (Å²) >= 11 is 1.39. The van der Waals surface area contributed by atoms with Crippen molar-refractivity contribution >= 4 is 23.2 Å². The summed E-state index contributed by atoms with van der Waals surface area (Å²) in [5.74, 6) is 0.115. The highest BCUT2D eigenvalue weighted by atomic mass is 32.2. The average molecular weight is 414 g/mol. The van der Waals surface area contributed by atoms with Crippen LogP contribution in [0, 0.1) is 5.92 Å². The highest BCUT2D eigenvalue weighted by Crippen LogP contribution is 2.41. The fourth-order valence-corrected chi connectivity index (χ4v) is 3.97. The molecular formula is C20H23N5O3S. The summed E-state index contributed by atoms with van der Waals surface area (Å²) in [4.78, 5) is 8.59. The molecule has 0 amide bonds. The highest BCUT2D eigenvalue weighted by molar-refractivity contribution is 7.98.